The fourth-order valence-corrected chi connectivity index (χ4v) is 3.39. The van der Waals surface area contributed by atoms with Crippen LogP contribution in [0.25, 0.3) is 0 Å². The van der Waals surface area contributed by atoms with Crippen LogP contribution in [0.4, 0.5) is 0 Å². The first-order valence-corrected chi connectivity index (χ1v) is 11.8. The molecule has 0 aliphatic heterocycles. The topological polar surface area (TPSA) is 29.1 Å². The maximum absolute atomic E-state index is 11.4. The summed E-state index contributed by atoms with van der Waals surface area (Å²) in [5.74, 6) is 0.988. The Morgan fingerprint density at radius 3 is 1.44 bits per heavy atom. The highest BCUT2D eigenvalue weighted by molar-refractivity contribution is 7.80. The van der Waals surface area contributed by atoms with E-state index in [-0.39, 0.29) is 5.91 Å². The third kappa shape index (κ3) is 21.8. The van der Waals surface area contributed by atoms with E-state index in [1.165, 1.54) is 96.3 Å². The van der Waals surface area contributed by atoms with Gasteiger partial charge in [0.1, 0.15) is 0 Å². The van der Waals surface area contributed by atoms with Gasteiger partial charge in [-0.15, -0.1) is 0 Å². The fraction of sp³-hybridized carbons (Fsp3) is 0.955. The summed E-state index contributed by atoms with van der Waals surface area (Å²) in [4.78, 5) is 11.4. The van der Waals surface area contributed by atoms with Crippen LogP contribution in [0.5, 0.6) is 0 Å². The van der Waals surface area contributed by atoms with E-state index in [2.05, 4.69) is 24.9 Å². The van der Waals surface area contributed by atoms with E-state index in [1.807, 2.05) is 0 Å². The first kappa shape index (κ1) is 24.8. The van der Waals surface area contributed by atoms with Crippen LogP contribution in [0.15, 0.2) is 0 Å². The van der Waals surface area contributed by atoms with Gasteiger partial charge in [0.05, 0.1) is 0 Å². The monoisotopic (exact) mass is 371 g/mol. The van der Waals surface area contributed by atoms with Crippen molar-refractivity contribution in [1.82, 2.24) is 5.32 Å². The number of amides is 1. The number of carbonyl (C=O) groups is 1. The predicted octanol–water partition coefficient (Wildman–Crippen LogP) is 7.07. The molecule has 0 bridgehead atoms. The molecule has 0 aliphatic rings. The van der Waals surface area contributed by atoms with Crippen LogP contribution in [-0.4, -0.2) is 18.2 Å². The van der Waals surface area contributed by atoms with Gasteiger partial charge in [-0.1, -0.05) is 103 Å². The lowest BCUT2D eigenvalue weighted by Gasteiger charge is -2.05. The molecule has 0 spiro atoms. The van der Waals surface area contributed by atoms with E-state index >= 15 is 0 Å². The van der Waals surface area contributed by atoms with Gasteiger partial charge in [0.25, 0.3) is 0 Å². The molecule has 25 heavy (non-hydrogen) atoms. The van der Waals surface area contributed by atoms with Gasteiger partial charge in [0.15, 0.2) is 0 Å². The van der Waals surface area contributed by atoms with Gasteiger partial charge in [-0.2, -0.15) is 12.6 Å². The van der Waals surface area contributed by atoms with Gasteiger partial charge in [-0.05, 0) is 18.6 Å². The van der Waals surface area contributed by atoms with E-state index in [4.69, 9.17) is 0 Å². The van der Waals surface area contributed by atoms with E-state index in [0.717, 1.165) is 25.1 Å². The van der Waals surface area contributed by atoms with Crippen LogP contribution in [0.3, 0.4) is 0 Å². The van der Waals surface area contributed by atoms with Crippen molar-refractivity contribution in [3.05, 3.63) is 0 Å². The van der Waals surface area contributed by atoms with E-state index in [9.17, 15) is 4.79 Å². The highest BCUT2D eigenvalue weighted by Crippen LogP contribution is 2.13. The molecule has 2 nitrogen and oxygen atoms in total. The van der Waals surface area contributed by atoms with Crippen molar-refractivity contribution in [3.63, 3.8) is 0 Å². The molecule has 0 aromatic rings. The molecule has 0 unspecified atom stereocenters. The molecule has 0 atom stereocenters. The van der Waals surface area contributed by atoms with E-state index in [0.29, 0.717) is 6.42 Å². The molecule has 0 rings (SSSR count). The second kappa shape index (κ2) is 21.9. The van der Waals surface area contributed by atoms with Crippen LogP contribution in [0, 0.1) is 0 Å². The molecule has 150 valence electrons. The first-order valence-electron chi connectivity index (χ1n) is 11.2. The van der Waals surface area contributed by atoms with Crippen molar-refractivity contribution >= 4 is 18.5 Å². The first-order chi connectivity index (χ1) is 12.3. The van der Waals surface area contributed by atoms with Crippen molar-refractivity contribution in [2.45, 2.75) is 122 Å². The minimum absolute atomic E-state index is 0.190. The van der Waals surface area contributed by atoms with Gasteiger partial charge in [-0.25, -0.2) is 0 Å². The lowest BCUT2D eigenvalue weighted by atomic mass is 10.0. The van der Waals surface area contributed by atoms with Crippen LogP contribution in [-0.2, 0) is 4.79 Å². The average Bonchev–Trinajstić information content (AvgIpc) is 2.62. The Bertz CT molecular complexity index is 271. The largest absolute Gasteiger partial charge is 0.356 e. The zero-order valence-electron chi connectivity index (χ0n) is 17.0. The van der Waals surface area contributed by atoms with Crippen molar-refractivity contribution in [2.75, 3.05) is 12.3 Å². The summed E-state index contributed by atoms with van der Waals surface area (Å²) < 4.78 is 0. The van der Waals surface area contributed by atoms with Gasteiger partial charge in [0.2, 0.25) is 5.91 Å². The Hall–Kier alpha value is -0.180. The Kier molecular flexibility index (Phi) is 21.7. The minimum atomic E-state index is 0.190. The van der Waals surface area contributed by atoms with Crippen molar-refractivity contribution in [1.29, 1.82) is 0 Å². The van der Waals surface area contributed by atoms with E-state index < -0.39 is 0 Å². The van der Waals surface area contributed by atoms with Crippen molar-refractivity contribution in [3.8, 4) is 0 Å². The van der Waals surface area contributed by atoms with Crippen LogP contribution in [0.2, 0.25) is 0 Å². The summed E-state index contributed by atoms with van der Waals surface area (Å²) in [5, 5.41) is 2.99. The Morgan fingerprint density at radius 1 is 0.640 bits per heavy atom. The molecule has 0 radical (unpaired) electrons. The second-order valence-electron chi connectivity index (χ2n) is 7.48. The highest BCUT2D eigenvalue weighted by Gasteiger charge is 1.99. The third-order valence-corrected chi connectivity index (χ3v) is 5.23. The maximum Gasteiger partial charge on any atom is 0.220 e. The smallest absolute Gasteiger partial charge is 0.220 e. The molecule has 0 heterocycles. The van der Waals surface area contributed by atoms with Gasteiger partial charge >= 0.3 is 0 Å². The normalized spacial score (nSPS) is 11.0. The Labute approximate surface area is 163 Å². The van der Waals surface area contributed by atoms with Crippen LogP contribution < -0.4 is 5.32 Å². The molecule has 0 aromatic heterocycles. The minimum Gasteiger partial charge on any atom is -0.356 e. The average molecular weight is 372 g/mol. The summed E-state index contributed by atoms with van der Waals surface area (Å²) in [6, 6.07) is 0. The standard InChI is InChI=1S/C22H45NOS/c1-2-3-4-5-6-7-8-9-10-11-12-13-14-15-16-17-20-23-22(24)19-18-21-25/h25H,2-21H2,1H3,(H,23,24). The predicted molar refractivity (Wildman–Crippen MR) is 116 cm³/mol. The summed E-state index contributed by atoms with van der Waals surface area (Å²) in [7, 11) is 0. The molecular weight excluding hydrogens is 326 g/mol. The van der Waals surface area contributed by atoms with Gasteiger partial charge in [-0.3, -0.25) is 4.79 Å². The number of thiol groups is 1. The fourth-order valence-electron chi connectivity index (χ4n) is 3.23. The van der Waals surface area contributed by atoms with Gasteiger partial charge in [0, 0.05) is 13.0 Å². The Morgan fingerprint density at radius 2 is 1.04 bits per heavy atom. The third-order valence-electron chi connectivity index (χ3n) is 4.91. The molecule has 3 heteroatoms. The summed E-state index contributed by atoms with van der Waals surface area (Å²) in [5.41, 5.74) is 0. The zero-order chi connectivity index (χ0) is 18.4. The summed E-state index contributed by atoms with van der Waals surface area (Å²) in [6.45, 7) is 3.14. The molecule has 1 N–H and O–H groups in total. The highest BCUT2D eigenvalue weighted by atomic mass is 32.1. The number of rotatable bonds is 20. The quantitative estimate of drug-likeness (QED) is 0.174. The molecule has 0 saturated carbocycles. The Balaban J connectivity index is 3.04. The number of hydrogen-bond donors (Lipinski definition) is 2. The molecule has 0 aliphatic carbocycles. The second-order valence-corrected chi connectivity index (χ2v) is 7.93. The van der Waals surface area contributed by atoms with Crippen molar-refractivity contribution < 1.29 is 4.79 Å². The molecule has 0 aromatic carbocycles. The molecular formula is C22H45NOS. The number of hydrogen-bond acceptors (Lipinski definition) is 2. The summed E-state index contributed by atoms with van der Waals surface area (Å²) in [6.07, 6.45) is 23.7. The summed E-state index contributed by atoms with van der Waals surface area (Å²) >= 11 is 4.12. The SMILES string of the molecule is CCCCCCCCCCCCCCCCCCNC(=O)CCCS. The number of unbranched alkanes of at least 4 members (excludes halogenated alkanes) is 15. The van der Waals surface area contributed by atoms with Crippen molar-refractivity contribution in [2.24, 2.45) is 0 Å². The number of nitrogens with one attached hydrogen (secondary N) is 1. The van der Waals surface area contributed by atoms with E-state index in [1.54, 1.807) is 0 Å². The lowest BCUT2D eigenvalue weighted by Crippen LogP contribution is -2.24. The maximum atomic E-state index is 11.4. The molecule has 0 saturated heterocycles. The number of carbonyl (C=O) groups excluding carboxylic acids is 1. The van der Waals surface area contributed by atoms with Gasteiger partial charge < -0.3 is 5.32 Å². The zero-order valence-corrected chi connectivity index (χ0v) is 17.9. The molecule has 0 fully saturated rings. The lowest BCUT2D eigenvalue weighted by molar-refractivity contribution is -0.121. The molecule has 1 amide bonds. The van der Waals surface area contributed by atoms with Crippen LogP contribution >= 0.6 is 12.6 Å². The van der Waals surface area contributed by atoms with Crippen LogP contribution in [0.1, 0.15) is 122 Å².